The highest BCUT2D eigenvalue weighted by Gasteiger charge is 2.43. The van der Waals surface area contributed by atoms with Crippen molar-refractivity contribution in [2.45, 2.75) is 40.0 Å². The van der Waals surface area contributed by atoms with Gasteiger partial charge in [-0.1, -0.05) is 41.0 Å². The minimum Gasteiger partial charge on any atom is -0.465 e. The molecule has 1 atom stereocenters. The van der Waals surface area contributed by atoms with Crippen LogP contribution in [0.2, 0.25) is 0 Å². The summed E-state index contributed by atoms with van der Waals surface area (Å²) in [6, 6.07) is 7.81. The fraction of sp³-hybridized carbons (Fsp3) is 0.444. The van der Waals surface area contributed by atoms with E-state index >= 15 is 0 Å². The topological polar surface area (TPSA) is 52.3 Å². The number of aryl methyl sites for hydroxylation is 1. The van der Waals surface area contributed by atoms with E-state index in [0.29, 0.717) is 18.1 Å². The number of esters is 1. The minimum atomic E-state index is -0.855. The zero-order chi connectivity index (χ0) is 17.2. The molecule has 0 spiro atoms. The van der Waals surface area contributed by atoms with Gasteiger partial charge in [0.05, 0.1) is 6.61 Å². The van der Waals surface area contributed by atoms with E-state index < -0.39 is 5.41 Å². The lowest BCUT2D eigenvalue weighted by Crippen LogP contribution is -2.39. The minimum absolute atomic E-state index is 0.0222. The van der Waals surface area contributed by atoms with Gasteiger partial charge in [-0.15, -0.1) is 0 Å². The standard InChI is InChI=1S/C18H22BrNO3/c1-6-22-17(21)18(5,11(2)3)16-10-15(20-23-16)13-7-8-14(19)12(4)9-13/h7-11H,6H2,1-5H3. The average molecular weight is 380 g/mol. The van der Waals surface area contributed by atoms with Crippen LogP contribution in [0.25, 0.3) is 11.3 Å². The molecule has 0 N–H and O–H groups in total. The average Bonchev–Trinajstić information content (AvgIpc) is 2.99. The molecule has 2 rings (SSSR count). The second-order valence-corrected chi connectivity index (χ2v) is 6.97. The predicted octanol–water partition coefficient (Wildman–Crippen LogP) is 4.89. The molecule has 2 aromatic rings. The number of hydrogen-bond acceptors (Lipinski definition) is 4. The molecule has 0 saturated heterocycles. The van der Waals surface area contributed by atoms with Gasteiger partial charge in [-0.25, -0.2) is 0 Å². The van der Waals surface area contributed by atoms with Crippen molar-refractivity contribution in [3.05, 3.63) is 40.1 Å². The quantitative estimate of drug-likeness (QED) is 0.693. The van der Waals surface area contributed by atoms with E-state index in [1.54, 1.807) is 6.92 Å². The highest BCUT2D eigenvalue weighted by molar-refractivity contribution is 9.10. The Balaban J connectivity index is 2.42. The number of hydrogen-bond donors (Lipinski definition) is 0. The molecule has 0 saturated carbocycles. The first-order valence-electron chi connectivity index (χ1n) is 7.71. The van der Waals surface area contributed by atoms with Gasteiger partial charge in [-0.05, 0) is 44.4 Å². The molecule has 5 heteroatoms. The molecule has 23 heavy (non-hydrogen) atoms. The Hall–Kier alpha value is -1.62. The molecule has 0 fully saturated rings. The number of ether oxygens (including phenoxy) is 1. The van der Waals surface area contributed by atoms with Crippen molar-refractivity contribution in [1.29, 1.82) is 0 Å². The van der Waals surface area contributed by atoms with Gasteiger partial charge in [0.2, 0.25) is 0 Å². The Kier molecular flexibility index (Phi) is 5.30. The zero-order valence-corrected chi connectivity index (χ0v) is 15.7. The summed E-state index contributed by atoms with van der Waals surface area (Å²) in [6.07, 6.45) is 0. The molecule has 0 aliphatic rings. The van der Waals surface area contributed by atoms with E-state index in [9.17, 15) is 4.79 Å². The number of benzene rings is 1. The molecule has 0 aliphatic heterocycles. The number of carbonyl (C=O) groups excluding carboxylic acids is 1. The molecule has 0 bridgehead atoms. The molecular weight excluding hydrogens is 358 g/mol. The predicted molar refractivity (Wildman–Crippen MR) is 93.2 cm³/mol. The summed E-state index contributed by atoms with van der Waals surface area (Å²) in [5.41, 5.74) is 1.93. The number of halogens is 1. The third-order valence-corrected chi connectivity index (χ3v) is 5.22. The molecule has 1 unspecified atom stereocenters. The normalized spacial score (nSPS) is 13.9. The van der Waals surface area contributed by atoms with E-state index in [4.69, 9.17) is 9.26 Å². The molecule has 0 radical (unpaired) electrons. The van der Waals surface area contributed by atoms with Crippen LogP contribution in [0.5, 0.6) is 0 Å². The Morgan fingerprint density at radius 3 is 2.65 bits per heavy atom. The number of nitrogens with zero attached hydrogens (tertiary/aromatic N) is 1. The van der Waals surface area contributed by atoms with Gasteiger partial charge in [-0.3, -0.25) is 4.79 Å². The van der Waals surface area contributed by atoms with E-state index in [1.807, 2.05) is 52.0 Å². The van der Waals surface area contributed by atoms with E-state index in [2.05, 4.69) is 21.1 Å². The summed E-state index contributed by atoms with van der Waals surface area (Å²) in [7, 11) is 0. The van der Waals surface area contributed by atoms with Crippen LogP contribution in [-0.2, 0) is 14.9 Å². The summed E-state index contributed by atoms with van der Waals surface area (Å²) in [4.78, 5) is 12.4. The van der Waals surface area contributed by atoms with Crippen LogP contribution in [0.15, 0.2) is 33.3 Å². The Morgan fingerprint density at radius 2 is 2.09 bits per heavy atom. The molecular formula is C18H22BrNO3. The molecule has 1 heterocycles. The van der Waals surface area contributed by atoms with Crippen molar-refractivity contribution in [1.82, 2.24) is 5.16 Å². The van der Waals surface area contributed by atoms with Crippen LogP contribution in [0, 0.1) is 12.8 Å². The van der Waals surface area contributed by atoms with Gasteiger partial charge < -0.3 is 9.26 Å². The number of aromatic nitrogens is 1. The maximum Gasteiger partial charge on any atom is 0.319 e. The number of carbonyl (C=O) groups is 1. The fourth-order valence-electron chi connectivity index (χ4n) is 2.36. The van der Waals surface area contributed by atoms with Crippen molar-refractivity contribution >= 4 is 21.9 Å². The summed E-state index contributed by atoms with van der Waals surface area (Å²) in [6.45, 7) is 9.95. The van der Waals surface area contributed by atoms with Gasteiger partial charge in [-0.2, -0.15) is 0 Å². The smallest absolute Gasteiger partial charge is 0.319 e. The van der Waals surface area contributed by atoms with Crippen LogP contribution in [0.4, 0.5) is 0 Å². The highest BCUT2D eigenvalue weighted by Crippen LogP contribution is 2.36. The maximum atomic E-state index is 12.4. The third kappa shape index (κ3) is 3.34. The van der Waals surface area contributed by atoms with Crippen molar-refractivity contribution in [2.24, 2.45) is 5.92 Å². The lowest BCUT2D eigenvalue weighted by Gasteiger charge is -2.28. The Bertz CT molecular complexity index is 708. The second-order valence-electron chi connectivity index (χ2n) is 6.12. The van der Waals surface area contributed by atoms with E-state index in [-0.39, 0.29) is 11.9 Å². The molecule has 1 aromatic carbocycles. The first-order chi connectivity index (χ1) is 10.8. The highest BCUT2D eigenvalue weighted by atomic mass is 79.9. The largest absolute Gasteiger partial charge is 0.465 e. The van der Waals surface area contributed by atoms with Gasteiger partial charge in [0, 0.05) is 16.1 Å². The lowest BCUT2D eigenvalue weighted by atomic mass is 9.76. The SMILES string of the molecule is CCOC(=O)C(C)(c1cc(-c2ccc(Br)c(C)c2)no1)C(C)C. The summed E-state index contributed by atoms with van der Waals surface area (Å²) in [5.74, 6) is 0.264. The van der Waals surface area contributed by atoms with Gasteiger partial charge in [0.25, 0.3) is 0 Å². The molecule has 0 aliphatic carbocycles. The number of rotatable bonds is 5. The van der Waals surface area contributed by atoms with Crippen LogP contribution >= 0.6 is 15.9 Å². The molecule has 124 valence electrons. The first-order valence-corrected chi connectivity index (χ1v) is 8.51. The first kappa shape index (κ1) is 17.7. The lowest BCUT2D eigenvalue weighted by molar-refractivity contribution is -0.152. The van der Waals surface area contributed by atoms with Crippen molar-refractivity contribution in [3.8, 4) is 11.3 Å². The van der Waals surface area contributed by atoms with E-state index in [0.717, 1.165) is 15.6 Å². The van der Waals surface area contributed by atoms with Gasteiger partial charge >= 0.3 is 5.97 Å². The second kappa shape index (κ2) is 6.87. The Labute approximate surface area is 145 Å². The molecule has 0 amide bonds. The van der Waals surface area contributed by atoms with Gasteiger partial charge in [0.1, 0.15) is 11.1 Å². The fourth-order valence-corrected chi connectivity index (χ4v) is 2.61. The third-order valence-electron chi connectivity index (χ3n) is 4.33. The summed E-state index contributed by atoms with van der Waals surface area (Å²) in [5, 5.41) is 4.15. The molecule has 4 nitrogen and oxygen atoms in total. The maximum absolute atomic E-state index is 12.4. The van der Waals surface area contributed by atoms with Crippen molar-refractivity contribution in [2.75, 3.05) is 6.61 Å². The summed E-state index contributed by atoms with van der Waals surface area (Å²) >= 11 is 3.49. The monoisotopic (exact) mass is 379 g/mol. The van der Waals surface area contributed by atoms with E-state index in [1.165, 1.54) is 0 Å². The summed E-state index contributed by atoms with van der Waals surface area (Å²) < 4.78 is 11.8. The van der Waals surface area contributed by atoms with Crippen molar-refractivity contribution < 1.29 is 14.1 Å². The Morgan fingerprint density at radius 1 is 1.39 bits per heavy atom. The molecule has 1 aromatic heterocycles. The van der Waals surface area contributed by atoms with Gasteiger partial charge in [0.15, 0.2) is 5.76 Å². The van der Waals surface area contributed by atoms with Crippen LogP contribution in [0.3, 0.4) is 0 Å². The van der Waals surface area contributed by atoms with Crippen LogP contribution < -0.4 is 0 Å². The van der Waals surface area contributed by atoms with Crippen LogP contribution in [-0.4, -0.2) is 17.7 Å². The zero-order valence-electron chi connectivity index (χ0n) is 14.1. The van der Waals surface area contributed by atoms with Crippen molar-refractivity contribution in [3.63, 3.8) is 0 Å². The van der Waals surface area contributed by atoms with Crippen LogP contribution in [0.1, 0.15) is 39.0 Å².